The molecule has 0 spiro atoms. The van der Waals surface area contributed by atoms with Crippen LogP contribution in [0.5, 0.6) is 0 Å². The normalized spacial score (nSPS) is 41.0. The number of benzene rings is 2. The first-order chi connectivity index (χ1) is 23.7. The molecule has 2 aromatic rings. The predicted octanol–water partition coefficient (Wildman–Crippen LogP) is 13.8. The quantitative estimate of drug-likeness (QED) is 0.274. The molecule has 14 unspecified atom stereocenters. The summed E-state index contributed by atoms with van der Waals surface area (Å²) in [6, 6.07) is 23.6. The van der Waals surface area contributed by atoms with Gasteiger partial charge in [-0.25, -0.2) is 0 Å². The van der Waals surface area contributed by atoms with Crippen LogP contribution >= 0.6 is 0 Å². The lowest BCUT2D eigenvalue weighted by atomic mass is 9.59. The van der Waals surface area contributed by atoms with Gasteiger partial charge in [-0.05, 0) is 124 Å². The SMILES string of the molecule is COC1C(c2ccccc2)C2CC(C)C([Si](C)(C3CCCCC3)C3C(C)CC4C(c5ccccc5)CC(C(C)(C)C)CC43)C2CC1C(C)(C)C. The fraction of sp³-hybridized carbons (Fsp3) is 0.750. The molecule has 276 valence electrons. The summed E-state index contributed by atoms with van der Waals surface area (Å²) in [7, 11) is 0.200. The van der Waals surface area contributed by atoms with Crippen molar-refractivity contribution < 1.29 is 4.74 Å². The Kier molecular flexibility index (Phi) is 10.4. The summed E-state index contributed by atoms with van der Waals surface area (Å²) in [6.45, 7) is 23.9. The average molecular weight is 695 g/mol. The average Bonchev–Trinajstić information content (AvgIpc) is 3.62. The van der Waals surface area contributed by atoms with Gasteiger partial charge >= 0.3 is 0 Å². The summed E-state index contributed by atoms with van der Waals surface area (Å²) in [5, 5.41) is 0. The first kappa shape index (κ1) is 37.0. The molecule has 0 aromatic heterocycles. The topological polar surface area (TPSA) is 9.23 Å². The smallest absolute Gasteiger partial charge is 0.0675 e. The maximum atomic E-state index is 6.67. The van der Waals surface area contributed by atoms with Gasteiger partial charge in [0.1, 0.15) is 0 Å². The Morgan fingerprint density at radius 2 is 1.14 bits per heavy atom. The van der Waals surface area contributed by atoms with Gasteiger partial charge in [0, 0.05) is 13.0 Å². The van der Waals surface area contributed by atoms with Crippen molar-refractivity contribution >= 4 is 8.07 Å². The van der Waals surface area contributed by atoms with Crippen molar-refractivity contribution in [2.24, 2.45) is 58.2 Å². The van der Waals surface area contributed by atoms with Gasteiger partial charge in [0.15, 0.2) is 0 Å². The van der Waals surface area contributed by atoms with Crippen LogP contribution in [0.2, 0.25) is 23.2 Å². The molecule has 0 bridgehead atoms. The summed E-state index contributed by atoms with van der Waals surface area (Å²) in [4.78, 5) is 0. The van der Waals surface area contributed by atoms with Crippen LogP contribution in [0, 0.1) is 58.2 Å². The zero-order valence-corrected chi connectivity index (χ0v) is 34.8. The number of ether oxygens (including phenoxy) is 1. The third-order valence-electron chi connectivity index (χ3n) is 16.8. The lowest BCUT2D eigenvalue weighted by Gasteiger charge is -2.57. The maximum Gasteiger partial charge on any atom is 0.0675 e. The van der Waals surface area contributed by atoms with Gasteiger partial charge in [-0.15, -0.1) is 0 Å². The monoisotopic (exact) mass is 695 g/mol. The molecule has 0 N–H and O–H groups in total. The molecule has 0 aliphatic heterocycles. The second-order valence-electron chi connectivity index (χ2n) is 21.2. The first-order valence-electron chi connectivity index (χ1n) is 21.4. The highest BCUT2D eigenvalue weighted by atomic mass is 28.3. The lowest BCUT2D eigenvalue weighted by molar-refractivity contribution is -0.0690. The van der Waals surface area contributed by atoms with Gasteiger partial charge in [-0.3, -0.25) is 0 Å². The molecule has 7 rings (SSSR count). The van der Waals surface area contributed by atoms with E-state index in [9.17, 15) is 0 Å². The highest BCUT2D eigenvalue weighted by molar-refractivity contribution is 6.83. The molecule has 1 nitrogen and oxygen atoms in total. The van der Waals surface area contributed by atoms with E-state index in [0.717, 1.165) is 64.0 Å². The van der Waals surface area contributed by atoms with Crippen molar-refractivity contribution in [3.63, 3.8) is 0 Å². The second kappa shape index (κ2) is 14.1. The summed E-state index contributed by atoms with van der Waals surface area (Å²) in [5.74, 6) is 7.67. The van der Waals surface area contributed by atoms with Crippen LogP contribution in [0.15, 0.2) is 60.7 Å². The van der Waals surface area contributed by atoms with E-state index in [2.05, 4.69) is 123 Å². The Balaban J connectivity index is 1.35. The minimum atomic E-state index is -1.84. The van der Waals surface area contributed by atoms with E-state index in [-0.39, 0.29) is 5.41 Å². The summed E-state index contributed by atoms with van der Waals surface area (Å²) >= 11 is 0. The lowest BCUT2D eigenvalue weighted by Crippen LogP contribution is -2.55. The van der Waals surface area contributed by atoms with Gasteiger partial charge in [0.2, 0.25) is 0 Å². The summed E-state index contributed by atoms with van der Waals surface area (Å²) < 4.78 is 6.67. The molecule has 14 atom stereocenters. The third-order valence-corrected chi connectivity index (χ3v) is 24.0. The van der Waals surface area contributed by atoms with Crippen molar-refractivity contribution in [1.82, 2.24) is 0 Å². The minimum absolute atomic E-state index is 0.232. The first-order valence-corrected chi connectivity index (χ1v) is 24.1. The predicted molar refractivity (Wildman–Crippen MR) is 216 cm³/mol. The van der Waals surface area contributed by atoms with Gasteiger partial charge in [0.25, 0.3) is 0 Å². The van der Waals surface area contributed by atoms with Crippen molar-refractivity contribution in [3.05, 3.63) is 71.8 Å². The van der Waals surface area contributed by atoms with Crippen LogP contribution in [0.3, 0.4) is 0 Å². The molecule has 0 saturated heterocycles. The van der Waals surface area contributed by atoms with Crippen LogP contribution in [-0.2, 0) is 4.74 Å². The molecular formula is C48H74OSi. The Hall–Kier alpha value is -1.38. The number of fused-ring (bicyclic) bond motifs is 2. The van der Waals surface area contributed by atoms with Gasteiger partial charge in [0.05, 0.1) is 14.2 Å². The van der Waals surface area contributed by atoms with E-state index in [1.54, 1.807) is 11.1 Å². The highest BCUT2D eigenvalue weighted by Gasteiger charge is 2.66. The van der Waals surface area contributed by atoms with Crippen LogP contribution in [0.25, 0.3) is 0 Å². The Morgan fingerprint density at radius 3 is 1.68 bits per heavy atom. The Labute approximate surface area is 309 Å². The second-order valence-corrected chi connectivity index (χ2v) is 26.1. The maximum absolute atomic E-state index is 6.67. The molecule has 2 heteroatoms. The molecule has 5 aliphatic rings. The van der Waals surface area contributed by atoms with Crippen molar-refractivity contribution in [2.75, 3.05) is 7.11 Å². The fourth-order valence-electron chi connectivity index (χ4n) is 14.9. The van der Waals surface area contributed by atoms with Gasteiger partial charge in [-0.2, -0.15) is 0 Å². The standard InChI is InChI=1S/C48H74OSi/c1-31-26-38-37(33-20-14-11-15-21-33)28-35(47(3,4)5)29-40(38)45(31)50(10,36-24-18-13-19-25-36)46-32(2)27-39-41(46)30-42(48(6,7)8)44(49-9)43(39)34-22-16-12-17-23-34/h11-12,14-17,20-23,31-32,35-46H,13,18-19,24-30H2,1-10H3. The number of hydrogen-bond acceptors (Lipinski definition) is 1. The molecule has 5 saturated carbocycles. The molecule has 50 heavy (non-hydrogen) atoms. The molecule has 5 fully saturated rings. The van der Waals surface area contributed by atoms with E-state index in [4.69, 9.17) is 4.74 Å². The molecule has 0 heterocycles. The van der Waals surface area contributed by atoms with Crippen LogP contribution in [-0.4, -0.2) is 21.3 Å². The Bertz CT molecular complexity index is 1400. The zero-order valence-electron chi connectivity index (χ0n) is 33.8. The molecule has 2 aromatic carbocycles. The van der Waals surface area contributed by atoms with E-state index >= 15 is 0 Å². The minimum Gasteiger partial charge on any atom is -0.381 e. The summed E-state index contributed by atoms with van der Waals surface area (Å²) in [5.41, 5.74) is 6.69. The van der Waals surface area contributed by atoms with Gasteiger partial charge < -0.3 is 4.74 Å². The Morgan fingerprint density at radius 1 is 0.600 bits per heavy atom. The van der Waals surface area contributed by atoms with Crippen LogP contribution < -0.4 is 0 Å². The fourth-order valence-corrected chi connectivity index (χ4v) is 23.4. The third kappa shape index (κ3) is 6.45. The van der Waals surface area contributed by atoms with Gasteiger partial charge in [-0.1, -0.05) is 155 Å². The van der Waals surface area contributed by atoms with E-state index < -0.39 is 8.07 Å². The molecule has 0 amide bonds. The molecule has 0 radical (unpaired) electrons. The largest absolute Gasteiger partial charge is 0.381 e. The number of methoxy groups -OCH3 is 1. The van der Waals surface area contributed by atoms with Crippen LogP contribution in [0.1, 0.15) is 143 Å². The van der Waals surface area contributed by atoms with Crippen molar-refractivity contribution in [2.45, 2.75) is 161 Å². The summed E-state index contributed by atoms with van der Waals surface area (Å²) in [6.07, 6.45) is 14.9. The number of hydrogen-bond donors (Lipinski definition) is 0. The van der Waals surface area contributed by atoms with Crippen LogP contribution in [0.4, 0.5) is 0 Å². The van der Waals surface area contributed by atoms with Crippen molar-refractivity contribution in [3.8, 4) is 0 Å². The van der Waals surface area contributed by atoms with E-state index in [1.807, 2.05) is 7.11 Å². The van der Waals surface area contributed by atoms with Crippen molar-refractivity contribution in [1.29, 1.82) is 0 Å². The zero-order chi connectivity index (χ0) is 35.6. The molecule has 5 aliphatic carbocycles. The van der Waals surface area contributed by atoms with E-state index in [1.165, 1.54) is 64.2 Å². The van der Waals surface area contributed by atoms with E-state index in [0.29, 0.717) is 23.4 Å². The molecular weight excluding hydrogens is 621 g/mol. The number of rotatable bonds is 6. The highest BCUT2D eigenvalue weighted by Crippen LogP contribution is 2.72.